The Morgan fingerprint density at radius 3 is 2.47 bits per heavy atom. The number of nitrogens with one attached hydrogen (secondary N) is 1. The van der Waals surface area contributed by atoms with Gasteiger partial charge in [-0.1, -0.05) is 19.3 Å². The van der Waals surface area contributed by atoms with Crippen LogP contribution in [0.15, 0.2) is 22.8 Å². The lowest BCUT2D eigenvalue weighted by molar-refractivity contribution is 0.0510. The van der Waals surface area contributed by atoms with Crippen molar-refractivity contribution in [2.45, 2.75) is 43.7 Å². The topological polar surface area (TPSA) is 28.4 Å². The largest absolute Gasteiger partial charge is 0.468 e. The summed E-state index contributed by atoms with van der Waals surface area (Å²) >= 11 is 0. The van der Waals surface area contributed by atoms with Crippen molar-refractivity contribution in [3.63, 3.8) is 0 Å². The van der Waals surface area contributed by atoms with Crippen LogP contribution in [0.25, 0.3) is 0 Å². The Hall–Kier alpha value is -0.800. The highest BCUT2D eigenvalue weighted by atomic mass is 16.3. The second-order valence-electron chi connectivity index (χ2n) is 5.30. The van der Waals surface area contributed by atoms with Crippen LogP contribution < -0.4 is 5.32 Å². The molecule has 0 aromatic carbocycles. The second-order valence-corrected chi connectivity index (χ2v) is 5.30. The first-order valence-corrected chi connectivity index (χ1v) is 6.59. The van der Waals surface area contributed by atoms with Gasteiger partial charge in [0.05, 0.1) is 12.3 Å². The molecule has 3 heteroatoms. The van der Waals surface area contributed by atoms with Gasteiger partial charge in [0, 0.05) is 5.54 Å². The van der Waals surface area contributed by atoms with E-state index < -0.39 is 0 Å². The molecular weight excluding hydrogens is 212 g/mol. The molecule has 0 radical (unpaired) electrons. The molecule has 0 saturated heterocycles. The van der Waals surface area contributed by atoms with Crippen LogP contribution in [0, 0.1) is 0 Å². The molecule has 1 atom stereocenters. The Morgan fingerprint density at radius 2 is 2.00 bits per heavy atom. The average Bonchev–Trinajstić information content (AvgIpc) is 2.84. The highest BCUT2D eigenvalue weighted by Crippen LogP contribution is 2.41. The van der Waals surface area contributed by atoms with Gasteiger partial charge in [0.15, 0.2) is 0 Å². The number of hydrogen-bond acceptors (Lipinski definition) is 3. The van der Waals surface area contributed by atoms with Crippen LogP contribution in [0.1, 0.15) is 43.9 Å². The van der Waals surface area contributed by atoms with E-state index in [1.54, 1.807) is 6.26 Å². The van der Waals surface area contributed by atoms with Gasteiger partial charge in [-0.15, -0.1) is 0 Å². The molecular formula is C14H24N2O. The molecule has 0 aliphatic heterocycles. The average molecular weight is 236 g/mol. The van der Waals surface area contributed by atoms with Gasteiger partial charge < -0.3 is 14.6 Å². The summed E-state index contributed by atoms with van der Waals surface area (Å²) in [5.41, 5.74) is 0.199. The minimum absolute atomic E-state index is 0.199. The van der Waals surface area contributed by atoms with Gasteiger partial charge in [0.1, 0.15) is 5.76 Å². The van der Waals surface area contributed by atoms with E-state index in [0.717, 1.165) is 5.76 Å². The maximum Gasteiger partial charge on any atom is 0.122 e. The summed E-state index contributed by atoms with van der Waals surface area (Å²) in [5.74, 6) is 1.06. The summed E-state index contributed by atoms with van der Waals surface area (Å²) in [6.07, 6.45) is 8.25. The Bertz CT molecular complexity index is 326. The number of rotatable bonds is 4. The summed E-state index contributed by atoms with van der Waals surface area (Å²) in [6, 6.07) is 4.35. The zero-order valence-electron chi connectivity index (χ0n) is 11.2. The number of furan rings is 1. The molecule has 1 aromatic rings. The molecule has 1 N–H and O–H groups in total. The van der Waals surface area contributed by atoms with Crippen molar-refractivity contribution >= 4 is 0 Å². The SMILES string of the molecule is CNC(c1ccco1)C1(N(C)C)CCCCC1. The minimum atomic E-state index is 0.199. The van der Waals surface area contributed by atoms with Crippen LogP contribution >= 0.6 is 0 Å². The Labute approximate surface area is 104 Å². The van der Waals surface area contributed by atoms with Crippen molar-refractivity contribution in [3.8, 4) is 0 Å². The lowest BCUT2D eigenvalue weighted by Gasteiger charge is -2.47. The van der Waals surface area contributed by atoms with Gasteiger partial charge >= 0.3 is 0 Å². The third kappa shape index (κ3) is 2.26. The van der Waals surface area contributed by atoms with Crippen molar-refractivity contribution in [2.24, 2.45) is 0 Å². The molecule has 1 aliphatic rings. The first-order chi connectivity index (χ1) is 8.20. The summed E-state index contributed by atoms with van der Waals surface area (Å²) in [5, 5.41) is 3.46. The van der Waals surface area contributed by atoms with Gasteiger partial charge in [-0.05, 0) is 46.1 Å². The van der Waals surface area contributed by atoms with Crippen LogP contribution in [-0.4, -0.2) is 31.6 Å². The Kier molecular flexibility index (Phi) is 3.89. The van der Waals surface area contributed by atoms with Gasteiger partial charge in [0.2, 0.25) is 0 Å². The summed E-state index contributed by atoms with van der Waals surface area (Å²) in [6.45, 7) is 0. The van der Waals surface area contributed by atoms with E-state index >= 15 is 0 Å². The Morgan fingerprint density at radius 1 is 1.29 bits per heavy atom. The molecule has 0 spiro atoms. The quantitative estimate of drug-likeness (QED) is 0.871. The van der Waals surface area contributed by atoms with Gasteiger partial charge in [-0.2, -0.15) is 0 Å². The lowest BCUT2D eigenvalue weighted by atomic mass is 9.74. The Balaban J connectivity index is 2.30. The number of hydrogen-bond donors (Lipinski definition) is 1. The third-order valence-electron chi connectivity index (χ3n) is 4.26. The fraction of sp³-hybridized carbons (Fsp3) is 0.714. The zero-order chi connectivity index (χ0) is 12.3. The third-order valence-corrected chi connectivity index (χ3v) is 4.26. The minimum Gasteiger partial charge on any atom is -0.468 e. The molecule has 1 fully saturated rings. The van der Waals surface area contributed by atoms with E-state index in [0.29, 0.717) is 0 Å². The van der Waals surface area contributed by atoms with Crippen molar-refractivity contribution in [3.05, 3.63) is 24.2 Å². The maximum absolute atomic E-state index is 5.63. The molecule has 3 nitrogen and oxygen atoms in total. The van der Waals surface area contributed by atoms with Crippen molar-refractivity contribution in [1.29, 1.82) is 0 Å². The van der Waals surface area contributed by atoms with Crippen LogP contribution in [0.4, 0.5) is 0 Å². The normalized spacial score (nSPS) is 21.6. The molecule has 96 valence electrons. The van der Waals surface area contributed by atoms with Crippen LogP contribution in [0.5, 0.6) is 0 Å². The predicted octanol–water partition coefficient (Wildman–Crippen LogP) is 2.80. The van der Waals surface area contributed by atoms with Gasteiger partial charge in [-0.25, -0.2) is 0 Å². The number of likely N-dealkylation sites (N-methyl/N-ethyl adjacent to an activating group) is 2. The molecule has 2 rings (SSSR count). The lowest BCUT2D eigenvalue weighted by Crippen LogP contribution is -2.54. The second kappa shape index (κ2) is 5.23. The van der Waals surface area contributed by atoms with E-state index in [-0.39, 0.29) is 11.6 Å². The van der Waals surface area contributed by atoms with Gasteiger partial charge in [0.25, 0.3) is 0 Å². The van der Waals surface area contributed by atoms with Crippen molar-refractivity contribution < 1.29 is 4.42 Å². The highest BCUT2D eigenvalue weighted by molar-refractivity contribution is 5.14. The molecule has 1 heterocycles. The first kappa shape index (κ1) is 12.7. The molecule has 1 aromatic heterocycles. The standard InChI is InChI=1S/C14H24N2O/c1-15-13(12-8-7-11-17-12)14(16(2)3)9-5-4-6-10-14/h7-8,11,13,15H,4-6,9-10H2,1-3H3. The van der Waals surface area contributed by atoms with E-state index in [4.69, 9.17) is 4.42 Å². The van der Waals surface area contributed by atoms with E-state index in [2.05, 4.69) is 30.4 Å². The molecule has 0 amide bonds. The van der Waals surface area contributed by atoms with Crippen molar-refractivity contribution in [1.82, 2.24) is 10.2 Å². The van der Waals surface area contributed by atoms with Crippen molar-refractivity contribution in [2.75, 3.05) is 21.1 Å². The summed E-state index contributed by atoms with van der Waals surface area (Å²) in [4.78, 5) is 2.38. The summed E-state index contributed by atoms with van der Waals surface area (Å²) in [7, 11) is 6.42. The fourth-order valence-electron chi connectivity index (χ4n) is 3.29. The van der Waals surface area contributed by atoms with Crippen LogP contribution in [0.2, 0.25) is 0 Å². The summed E-state index contributed by atoms with van der Waals surface area (Å²) < 4.78 is 5.63. The van der Waals surface area contributed by atoms with Crippen LogP contribution in [0.3, 0.4) is 0 Å². The molecule has 0 bridgehead atoms. The molecule has 1 aliphatic carbocycles. The monoisotopic (exact) mass is 236 g/mol. The van der Waals surface area contributed by atoms with E-state index in [1.807, 2.05) is 13.1 Å². The van der Waals surface area contributed by atoms with E-state index in [9.17, 15) is 0 Å². The molecule has 1 unspecified atom stereocenters. The first-order valence-electron chi connectivity index (χ1n) is 6.59. The van der Waals surface area contributed by atoms with Crippen LogP contribution in [-0.2, 0) is 0 Å². The maximum atomic E-state index is 5.63. The predicted molar refractivity (Wildman–Crippen MR) is 70.0 cm³/mol. The highest BCUT2D eigenvalue weighted by Gasteiger charge is 2.43. The van der Waals surface area contributed by atoms with Gasteiger partial charge in [-0.3, -0.25) is 0 Å². The molecule has 1 saturated carbocycles. The smallest absolute Gasteiger partial charge is 0.122 e. The number of nitrogens with zero attached hydrogens (tertiary/aromatic N) is 1. The molecule has 17 heavy (non-hydrogen) atoms. The zero-order valence-corrected chi connectivity index (χ0v) is 11.2. The van der Waals surface area contributed by atoms with E-state index in [1.165, 1.54) is 32.1 Å². The fourth-order valence-corrected chi connectivity index (χ4v) is 3.29.